The number of nitrogens with zero attached hydrogens (tertiary/aromatic N) is 3. The van der Waals surface area contributed by atoms with E-state index in [1.54, 1.807) is 12.1 Å². The fourth-order valence-electron chi connectivity index (χ4n) is 3.08. The van der Waals surface area contributed by atoms with Crippen LogP contribution in [-0.4, -0.2) is 34.0 Å². The summed E-state index contributed by atoms with van der Waals surface area (Å²) in [6.45, 7) is 1.51. The number of piperidine rings is 1. The molecule has 0 N–H and O–H groups in total. The minimum Gasteiger partial charge on any atom is -0.459 e. The molecule has 0 aromatic carbocycles. The second-order valence-electron chi connectivity index (χ2n) is 6.26. The molecule has 0 bridgehead atoms. The van der Waals surface area contributed by atoms with Crippen LogP contribution in [0.4, 0.5) is 0 Å². The zero-order valence-electron chi connectivity index (χ0n) is 12.4. The third-order valence-electron chi connectivity index (χ3n) is 4.43. The maximum atomic E-state index is 12.3. The predicted octanol–water partition coefficient (Wildman–Crippen LogP) is 2.63. The Bertz CT molecular complexity index is 645. The molecule has 1 aliphatic heterocycles. The summed E-state index contributed by atoms with van der Waals surface area (Å²) in [7, 11) is 0. The highest BCUT2D eigenvalue weighted by Gasteiger charge is 2.30. The van der Waals surface area contributed by atoms with Crippen molar-refractivity contribution in [3.8, 4) is 0 Å². The molecule has 0 spiro atoms. The highest BCUT2D eigenvalue weighted by molar-refractivity contribution is 5.91. The molecule has 2 fully saturated rings. The molecule has 6 heteroatoms. The van der Waals surface area contributed by atoms with Crippen LogP contribution in [0.5, 0.6) is 0 Å². The lowest BCUT2D eigenvalue weighted by Gasteiger charge is -2.31. The molecule has 2 aliphatic rings. The molecule has 116 valence electrons. The molecule has 2 aromatic rings. The Balaban J connectivity index is 1.38. The van der Waals surface area contributed by atoms with E-state index in [1.807, 2.05) is 4.90 Å². The summed E-state index contributed by atoms with van der Waals surface area (Å²) in [4.78, 5) is 18.7. The van der Waals surface area contributed by atoms with Crippen LogP contribution in [-0.2, 0) is 6.42 Å². The van der Waals surface area contributed by atoms with Crippen LogP contribution in [0.15, 0.2) is 27.3 Å². The van der Waals surface area contributed by atoms with E-state index in [4.69, 9.17) is 8.94 Å². The molecule has 1 amide bonds. The minimum absolute atomic E-state index is 0.0288. The summed E-state index contributed by atoms with van der Waals surface area (Å²) in [5, 5.41) is 4.06. The normalized spacial score (nSPS) is 22.0. The Morgan fingerprint density at radius 1 is 1.36 bits per heavy atom. The molecule has 6 nitrogen and oxygen atoms in total. The van der Waals surface area contributed by atoms with Gasteiger partial charge >= 0.3 is 0 Å². The van der Waals surface area contributed by atoms with Gasteiger partial charge in [0, 0.05) is 25.4 Å². The molecule has 4 rings (SSSR count). The Morgan fingerprint density at radius 3 is 3.05 bits per heavy atom. The zero-order valence-corrected chi connectivity index (χ0v) is 12.4. The summed E-state index contributed by atoms with van der Waals surface area (Å²) >= 11 is 0. The molecule has 3 heterocycles. The minimum atomic E-state index is -0.0288. The Labute approximate surface area is 128 Å². The highest BCUT2D eigenvalue weighted by atomic mass is 16.5. The first kappa shape index (κ1) is 13.5. The lowest BCUT2D eigenvalue weighted by molar-refractivity contribution is 0.0636. The maximum Gasteiger partial charge on any atom is 0.289 e. The first-order valence-electron chi connectivity index (χ1n) is 7.95. The summed E-state index contributed by atoms with van der Waals surface area (Å²) < 4.78 is 10.6. The Kier molecular flexibility index (Phi) is 3.44. The summed E-state index contributed by atoms with van der Waals surface area (Å²) in [5.74, 6) is 2.84. The fraction of sp³-hybridized carbons (Fsp3) is 0.562. The molecule has 1 saturated carbocycles. The van der Waals surface area contributed by atoms with Crippen molar-refractivity contribution in [1.82, 2.24) is 15.0 Å². The monoisotopic (exact) mass is 301 g/mol. The average Bonchev–Trinajstić information content (AvgIpc) is 3.05. The van der Waals surface area contributed by atoms with Crippen molar-refractivity contribution in [2.24, 2.45) is 5.92 Å². The number of carbonyl (C=O) groups excluding carboxylic acids is 1. The number of aromatic nitrogens is 2. The Hall–Kier alpha value is -2.11. The number of carbonyl (C=O) groups is 1. The molecule has 1 aliphatic carbocycles. The van der Waals surface area contributed by atoms with Gasteiger partial charge in [0.25, 0.3) is 5.91 Å². The lowest BCUT2D eigenvalue weighted by Crippen LogP contribution is -2.40. The van der Waals surface area contributed by atoms with Gasteiger partial charge in [0.2, 0.25) is 5.89 Å². The molecule has 22 heavy (non-hydrogen) atoms. The van der Waals surface area contributed by atoms with Crippen LogP contribution in [0, 0.1) is 5.92 Å². The van der Waals surface area contributed by atoms with Gasteiger partial charge in [-0.3, -0.25) is 4.79 Å². The smallest absolute Gasteiger partial charge is 0.289 e. The van der Waals surface area contributed by atoms with Gasteiger partial charge in [-0.25, -0.2) is 0 Å². The molecular weight excluding hydrogens is 282 g/mol. The first-order chi connectivity index (χ1) is 10.8. The second kappa shape index (κ2) is 5.59. The van der Waals surface area contributed by atoms with E-state index in [-0.39, 0.29) is 5.91 Å². The average molecular weight is 301 g/mol. The third kappa shape index (κ3) is 2.77. The van der Waals surface area contributed by atoms with Gasteiger partial charge in [-0.15, -0.1) is 0 Å². The largest absolute Gasteiger partial charge is 0.459 e. The van der Waals surface area contributed by atoms with E-state index in [2.05, 4.69) is 10.1 Å². The van der Waals surface area contributed by atoms with E-state index >= 15 is 0 Å². The molecular formula is C16H19N3O3. The van der Waals surface area contributed by atoms with Crippen LogP contribution in [0.25, 0.3) is 0 Å². The lowest BCUT2D eigenvalue weighted by atomic mass is 9.94. The standard InChI is InChI=1S/C16H19N3O3/c20-16(13-4-2-8-21-13)19-7-1-3-11(10-19)9-14-17-15(18-22-14)12-5-6-12/h2,4,8,11-12H,1,3,5-7,9-10H2/t11-/m0/s1. The SMILES string of the molecule is O=C(c1ccco1)N1CCC[C@@H](Cc2nc(C3CC3)no2)C1. The second-order valence-corrected chi connectivity index (χ2v) is 6.26. The van der Waals surface area contributed by atoms with Gasteiger partial charge in [-0.2, -0.15) is 4.98 Å². The van der Waals surface area contributed by atoms with E-state index < -0.39 is 0 Å². The molecule has 2 aromatic heterocycles. The number of likely N-dealkylation sites (tertiary alicyclic amines) is 1. The topological polar surface area (TPSA) is 72.4 Å². The van der Waals surface area contributed by atoms with Crippen LogP contribution >= 0.6 is 0 Å². The van der Waals surface area contributed by atoms with Gasteiger partial charge in [-0.1, -0.05) is 5.16 Å². The van der Waals surface area contributed by atoms with Gasteiger partial charge in [0.05, 0.1) is 6.26 Å². The van der Waals surface area contributed by atoms with Crippen LogP contribution in [0.2, 0.25) is 0 Å². The quantitative estimate of drug-likeness (QED) is 0.868. The Morgan fingerprint density at radius 2 is 2.27 bits per heavy atom. The molecule has 0 unspecified atom stereocenters. The highest BCUT2D eigenvalue weighted by Crippen LogP contribution is 2.38. The van der Waals surface area contributed by atoms with E-state index in [9.17, 15) is 4.79 Å². The van der Waals surface area contributed by atoms with E-state index in [1.165, 1.54) is 19.1 Å². The van der Waals surface area contributed by atoms with Crippen molar-refractivity contribution in [3.05, 3.63) is 35.9 Å². The van der Waals surface area contributed by atoms with Crippen molar-refractivity contribution in [2.45, 2.75) is 38.0 Å². The summed E-state index contributed by atoms with van der Waals surface area (Å²) in [6, 6.07) is 3.46. The summed E-state index contributed by atoms with van der Waals surface area (Å²) in [5.41, 5.74) is 0. The van der Waals surface area contributed by atoms with Gasteiger partial charge in [0.15, 0.2) is 11.6 Å². The van der Waals surface area contributed by atoms with Crippen molar-refractivity contribution in [1.29, 1.82) is 0 Å². The van der Waals surface area contributed by atoms with Crippen molar-refractivity contribution >= 4 is 5.91 Å². The van der Waals surface area contributed by atoms with Gasteiger partial charge in [0.1, 0.15) is 0 Å². The van der Waals surface area contributed by atoms with Crippen molar-refractivity contribution < 1.29 is 13.7 Å². The number of hydrogen-bond acceptors (Lipinski definition) is 5. The molecule has 0 radical (unpaired) electrons. The maximum absolute atomic E-state index is 12.3. The first-order valence-corrected chi connectivity index (χ1v) is 7.95. The van der Waals surface area contributed by atoms with Crippen LogP contribution in [0.1, 0.15) is 53.9 Å². The number of rotatable bonds is 4. The molecule has 1 atom stereocenters. The van der Waals surface area contributed by atoms with E-state index in [0.29, 0.717) is 23.5 Å². The van der Waals surface area contributed by atoms with Crippen LogP contribution < -0.4 is 0 Å². The van der Waals surface area contributed by atoms with E-state index in [0.717, 1.165) is 38.2 Å². The predicted molar refractivity (Wildman–Crippen MR) is 77.3 cm³/mol. The summed E-state index contributed by atoms with van der Waals surface area (Å²) in [6.07, 6.45) is 6.72. The molecule has 1 saturated heterocycles. The third-order valence-corrected chi connectivity index (χ3v) is 4.43. The van der Waals surface area contributed by atoms with Crippen molar-refractivity contribution in [2.75, 3.05) is 13.1 Å². The van der Waals surface area contributed by atoms with Crippen molar-refractivity contribution in [3.63, 3.8) is 0 Å². The zero-order chi connectivity index (χ0) is 14.9. The van der Waals surface area contributed by atoms with Gasteiger partial charge in [-0.05, 0) is 43.7 Å². The van der Waals surface area contributed by atoms with Crippen LogP contribution in [0.3, 0.4) is 0 Å². The number of hydrogen-bond donors (Lipinski definition) is 0. The number of furan rings is 1. The van der Waals surface area contributed by atoms with Gasteiger partial charge < -0.3 is 13.8 Å². The number of amides is 1. The fourth-order valence-corrected chi connectivity index (χ4v) is 3.08.